The molecule has 0 bridgehead atoms. The van der Waals surface area contributed by atoms with E-state index in [1.54, 1.807) is 43.3 Å². The van der Waals surface area contributed by atoms with Crippen LogP contribution in [0.25, 0.3) is 0 Å². The van der Waals surface area contributed by atoms with Crippen LogP contribution in [-0.4, -0.2) is 50.4 Å². The fourth-order valence-corrected chi connectivity index (χ4v) is 6.53. The SMILES string of the molecule is CCOc1ccc(N(CC(=O)N(Cc2ccccc2Cl)C(C)C(=O)NC2CCCC2)S(=O)(=O)c2ccc(F)cc2)cc1. The van der Waals surface area contributed by atoms with Gasteiger partial charge in [-0.3, -0.25) is 13.9 Å². The highest BCUT2D eigenvalue weighted by atomic mass is 35.5. The first kappa shape index (κ1) is 31.3. The van der Waals surface area contributed by atoms with Crippen molar-refractivity contribution >= 4 is 39.1 Å². The van der Waals surface area contributed by atoms with Gasteiger partial charge < -0.3 is 15.0 Å². The monoisotopic (exact) mass is 615 g/mol. The molecule has 0 aromatic heterocycles. The standard InChI is InChI=1S/C31H35ClFN3O5S/c1-3-41-27-16-14-26(15-17-27)36(42(39,40)28-18-12-24(33)13-19-28)21-30(37)35(20-23-8-4-7-11-29(23)32)22(2)31(38)34-25-9-5-6-10-25/h4,7-8,11-19,22,25H,3,5-6,9-10,20-21H2,1-2H3,(H,34,38). The molecule has 0 saturated heterocycles. The minimum absolute atomic E-state index is 0.00846. The largest absolute Gasteiger partial charge is 0.494 e. The second-order valence-corrected chi connectivity index (χ2v) is 12.4. The van der Waals surface area contributed by atoms with Crippen molar-refractivity contribution in [3.05, 3.63) is 89.2 Å². The van der Waals surface area contributed by atoms with Crippen LogP contribution in [0.2, 0.25) is 5.02 Å². The molecule has 0 spiro atoms. The zero-order valence-electron chi connectivity index (χ0n) is 23.6. The zero-order chi connectivity index (χ0) is 30.3. The summed E-state index contributed by atoms with van der Waals surface area (Å²) in [6.45, 7) is 3.25. The molecule has 1 N–H and O–H groups in total. The van der Waals surface area contributed by atoms with Gasteiger partial charge in [-0.1, -0.05) is 42.6 Å². The third-order valence-corrected chi connectivity index (χ3v) is 9.44. The van der Waals surface area contributed by atoms with E-state index in [4.69, 9.17) is 16.3 Å². The van der Waals surface area contributed by atoms with Gasteiger partial charge in [0.15, 0.2) is 0 Å². The Labute approximate surface area is 251 Å². The molecule has 1 atom stereocenters. The minimum Gasteiger partial charge on any atom is -0.494 e. The maximum Gasteiger partial charge on any atom is 0.264 e. The smallest absolute Gasteiger partial charge is 0.264 e. The van der Waals surface area contributed by atoms with Gasteiger partial charge in [0.1, 0.15) is 24.2 Å². The van der Waals surface area contributed by atoms with Crippen molar-refractivity contribution < 1.29 is 27.1 Å². The Bertz CT molecular complexity index is 1480. The highest BCUT2D eigenvalue weighted by molar-refractivity contribution is 7.92. The second kappa shape index (κ2) is 14.0. The van der Waals surface area contributed by atoms with Crippen molar-refractivity contribution in [3.63, 3.8) is 0 Å². The summed E-state index contributed by atoms with van der Waals surface area (Å²) >= 11 is 6.41. The van der Waals surface area contributed by atoms with E-state index in [1.807, 2.05) is 6.92 Å². The first-order valence-electron chi connectivity index (χ1n) is 13.9. The Morgan fingerprint density at radius 3 is 2.29 bits per heavy atom. The number of sulfonamides is 1. The van der Waals surface area contributed by atoms with Crippen LogP contribution in [0.4, 0.5) is 10.1 Å². The summed E-state index contributed by atoms with van der Waals surface area (Å²) < 4.78 is 47.8. The lowest BCUT2D eigenvalue weighted by Gasteiger charge is -2.32. The van der Waals surface area contributed by atoms with Crippen LogP contribution in [-0.2, 0) is 26.2 Å². The zero-order valence-corrected chi connectivity index (χ0v) is 25.2. The summed E-state index contributed by atoms with van der Waals surface area (Å²) in [5.41, 5.74) is 0.818. The molecule has 0 aliphatic heterocycles. The lowest BCUT2D eigenvalue weighted by molar-refractivity contribution is -0.139. The summed E-state index contributed by atoms with van der Waals surface area (Å²) in [4.78, 5) is 28.5. The molecule has 1 fully saturated rings. The van der Waals surface area contributed by atoms with Crippen LogP contribution in [0.15, 0.2) is 77.7 Å². The highest BCUT2D eigenvalue weighted by Gasteiger charge is 2.33. The van der Waals surface area contributed by atoms with Gasteiger partial charge in [-0.15, -0.1) is 0 Å². The number of carbonyl (C=O) groups excluding carboxylic acids is 2. The predicted molar refractivity (Wildman–Crippen MR) is 160 cm³/mol. The van der Waals surface area contributed by atoms with E-state index in [1.165, 1.54) is 17.0 Å². The molecule has 1 aliphatic carbocycles. The molecule has 3 aromatic rings. The predicted octanol–water partition coefficient (Wildman–Crippen LogP) is 5.55. The van der Waals surface area contributed by atoms with E-state index < -0.39 is 34.3 Å². The molecular formula is C31H35ClFN3O5S. The number of hydrogen-bond acceptors (Lipinski definition) is 5. The molecule has 42 heavy (non-hydrogen) atoms. The molecule has 3 aromatic carbocycles. The molecule has 224 valence electrons. The number of benzene rings is 3. The summed E-state index contributed by atoms with van der Waals surface area (Å²) in [5.74, 6) is -0.991. The van der Waals surface area contributed by atoms with Crippen molar-refractivity contribution in [2.24, 2.45) is 0 Å². The van der Waals surface area contributed by atoms with Crippen LogP contribution in [0.1, 0.15) is 45.1 Å². The van der Waals surface area contributed by atoms with Crippen LogP contribution in [0.5, 0.6) is 5.75 Å². The number of ether oxygens (including phenoxy) is 1. The van der Waals surface area contributed by atoms with Crippen molar-refractivity contribution in [1.82, 2.24) is 10.2 Å². The number of halogens is 2. The molecule has 8 nitrogen and oxygen atoms in total. The second-order valence-electron chi connectivity index (χ2n) is 10.2. The Kier molecular flexibility index (Phi) is 10.5. The van der Waals surface area contributed by atoms with E-state index in [-0.39, 0.29) is 29.1 Å². The number of nitrogens with one attached hydrogen (secondary N) is 1. The van der Waals surface area contributed by atoms with Crippen LogP contribution < -0.4 is 14.4 Å². The summed E-state index contributed by atoms with van der Waals surface area (Å²) in [6.07, 6.45) is 3.80. The molecule has 0 radical (unpaired) electrons. The van der Waals surface area contributed by atoms with Crippen LogP contribution in [0.3, 0.4) is 0 Å². The highest BCUT2D eigenvalue weighted by Crippen LogP contribution is 2.27. The van der Waals surface area contributed by atoms with Crippen LogP contribution in [0, 0.1) is 5.82 Å². The number of carbonyl (C=O) groups is 2. The number of hydrogen-bond donors (Lipinski definition) is 1. The molecule has 11 heteroatoms. The van der Waals surface area contributed by atoms with Gasteiger partial charge in [0.2, 0.25) is 11.8 Å². The average Bonchev–Trinajstić information content (AvgIpc) is 3.49. The maximum atomic E-state index is 14.0. The minimum atomic E-state index is -4.32. The van der Waals surface area contributed by atoms with Gasteiger partial charge in [-0.25, -0.2) is 12.8 Å². The average molecular weight is 616 g/mol. The van der Waals surface area contributed by atoms with Crippen molar-refractivity contribution in [3.8, 4) is 5.75 Å². The van der Waals surface area contributed by atoms with Crippen molar-refractivity contribution in [1.29, 1.82) is 0 Å². The molecule has 4 rings (SSSR count). The Morgan fingerprint density at radius 1 is 1.02 bits per heavy atom. The van der Waals surface area contributed by atoms with E-state index in [2.05, 4.69) is 5.32 Å². The van der Waals surface area contributed by atoms with Gasteiger partial charge >= 0.3 is 0 Å². The topological polar surface area (TPSA) is 96.0 Å². The van der Waals surface area contributed by atoms with Crippen molar-refractivity contribution in [2.75, 3.05) is 17.5 Å². The molecular weight excluding hydrogens is 581 g/mol. The first-order valence-corrected chi connectivity index (χ1v) is 15.8. The molecule has 1 unspecified atom stereocenters. The van der Waals surface area contributed by atoms with Gasteiger partial charge in [0.25, 0.3) is 10.0 Å². The fourth-order valence-electron chi connectivity index (χ4n) is 4.92. The Hall–Kier alpha value is -3.63. The number of rotatable bonds is 12. The Balaban J connectivity index is 1.69. The quantitative estimate of drug-likeness (QED) is 0.288. The van der Waals surface area contributed by atoms with Gasteiger partial charge in [-0.2, -0.15) is 0 Å². The molecule has 0 heterocycles. The molecule has 1 saturated carbocycles. The van der Waals surface area contributed by atoms with E-state index in [9.17, 15) is 22.4 Å². The summed E-state index contributed by atoms with van der Waals surface area (Å²) in [5, 5.41) is 3.45. The van der Waals surface area contributed by atoms with Gasteiger partial charge in [0, 0.05) is 17.6 Å². The van der Waals surface area contributed by atoms with Gasteiger partial charge in [0.05, 0.1) is 17.2 Å². The lowest BCUT2D eigenvalue weighted by Crippen LogP contribution is -2.52. The molecule has 1 aliphatic rings. The normalized spacial score (nSPS) is 14.3. The van der Waals surface area contributed by atoms with Crippen molar-refractivity contribution in [2.45, 2.75) is 63.1 Å². The summed E-state index contributed by atoms with van der Waals surface area (Å²) in [7, 11) is -4.32. The number of nitrogens with zero attached hydrogens (tertiary/aromatic N) is 2. The lowest BCUT2D eigenvalue weighted by atomic mass is 10.1. The van der Waals surface area contributed by atoms with Gasteiger partial charge in [-0.05, 0) is 86.8 Å². The van der Waals surface area contributed by atoms with E-state index in [0.29, 0.717) is 22.9 Å². The maximum absolute atomic E-state index is 14.0. The fraction of sp³-hybridized carbons (Fsp3) is 0.355. The third-order valence-electron chi connectivity index (χ3n) is 7.28. The first-order chi connectivity index (χ1) is 20.1. The van der Waals surface area contributed by atoms with E-state index >= 15 is 0 Å². The van der Waals surface area contributed by atoms with Crippen LogP contribution >= 0.6 is 11.6 Å². The molecule has 2 amide bonds. The third kappa shape index (κ3) is 7.60. The number of amides is 2. The summed E-state index contributed by atoms with van der Waals surface area (Å²) in [6, 6.07) is 16.8. The van der Waals surface area contributed by atoms with E-state index in [0.717, 1.165) is 54.3 Å². The number of anilines is 1. The Morgan fingerprint density at radius 2 is 1.67 bits per heavy atom.